The molecule has 23 heavy (non-hydrogen) atoms. The van der Waals surface area contributed by atoms with Crippen molar-refractivity contribution in [1.82, 2.24) is 0 Å². The van der Waals surface area contributed by atoms with Crippen LogP contribution in [0.15, 0.2) is 53.5 Å². The lowest BCUT2D eigenvalue weighted by molar-refractivity contribution is 0.336. The third-order valence-electron chi connectivity index (χ3n) is 3.03. The molecular weight excluding hydrogens is 405 g/mol. The summed E-state index contributed by atoms with van der Waals surface area (Å²) in [6.45, 7) is 3.04. The number of aliphatic imine (C=N–C) groups is 1. The Morgan fingerprint density at radius 1 is 1.17 bits per heavy atom. The van der Waals surface area contributed by atoms with E-state index in [9.17, 15) is 0 Å². The SMILES string of the molecule is CCOc1ccccc1CN=C(N)Nc1cccc(OC)c1.I. The number of rotatable bonds is 6. The predicted molar refractivity (Wildman–Crippen MR) is 105 cm³/mol. The molecule has 2 aromatic rings. The van der Waals surface area contributed by atoms with Gasteiger partial charge in [0.05, 0.1) is 20.3 Å². The lowest BCUT2D eigenvalue weighted by Crippen LogP contribution is -2.22. The van der Waals surface area contributed by atoms with Gasteiger partial charge in [0.15, 0.2) is 5.96 Å². The molecule has 0 aliphatic carbocycles. The molecule has 6 heteroatoms. The van der Waals surface area contributed by atoms with Gasteiger partial charge in [0, 0.05) is 17.3 Å². The van der Waals surface area contributed by atoms with Crippen LogP contribution in [0.3, 0.4) is 0 Å². The first kappa shape index (κ1) is 19.1. The maximum atomic E-state index is 5.93. The Labute approximate surface area is 153 Å². The topological polar surface area (TPSA) is 68.9 Å². The number of methoxy groups -OCH3 is 1. The average molecular weight is 427 g/mol. The molecule has 3 N–H and O–H groups in total. The molecule has 0 aliphatic rings. The minimum atomic E-state index is 0. The maximum Gasteiger partial charge on any atom is 0.193 e. The van der Waals surface area contributed by atoms with Crippen molar-refractivity contribution in [1.29, 1.82) is 0 Å². The third-order valence-corrected chi connectivity index (χ3v) is 3.03. The number of hydrogen-bond donors (Lipinski definition) is 2. The number of hydrogen-bond acceptors (Lipinski definition) is 3. The number of anilines is 1. The van der Waals surface area contributed by atoms with Gasteiger partial charge in [-0.2, -0.15) is 0 Å². The lowest BCUT2D eigenvalue weighted by Gasteiger charge is -2.09. The minimum Gasteiger partial charge on any atom is -0.497 e. The average Bonchev–Trinajstić information content (AvgIpc) is 2.54. The fourth-order valence-corrected chi connectivity index (χ4v) is 1.99. The number of guanidine groups is 1. The van der Waals surface area contributed by atoms with E-state index < -0.39 is 0 Å². The fraction of sp³-hybridized carbons (Fsp3) is 0.235. The van der Waals surface area contributed by atoms with Crippen molar-refractivity contribution in [2.45, 2.75) is 13.5 Å². The zero-order valence-corrected chi connectivity index (χ0v) is 15.6. The Balaban J connectivity index is 0.00000264. The molecule has 124 valence electrons. The van der Waals surface area contributed by atoms with Crippen LogP contribution in [0.25, 0.3) is 0 Å². The number of ether oxygens (including phenoxy) is 2. The summed E-state index contributed by atoms with van der Waals surface area (Å²) in [5, 5.41) is 3.05. The molecule has 0 saturated heterocycles. The molecule has 0 heterocycles. The first-order valence-corrected chi connectivity index (χ1v) is 7.14. The van der Waals surface area contributed by atoms with Gasteiger partial charge in [0.25, 0.3) is 0 Å². The van der Waals surface area contributed by atoms with Crippen LogP contribution in [0.1, 0.15) is 12.5 Å². The van der Waals surface area contributed by atoms with Crippen LogP contribution in [-0.4, -0.2) is 19.7 Å². The van der Waals surface area contributed by atoms with E-state index in [1.165, 1.54) is 0 Å². The minimum absolute atomic E-state index is 0. The van der Waals surface area contributed by atoms with Gasteiger partial charge in [-0.25, -0.2) is 4.99 Å². The molecule has 2 aromatic carbocycles. The number of benzene rings is 2. The van der Waals surface area contributed by atoms with Crippen molar-refractivity contribution in [3.63, 3.8) is 0 Å². The summed E-state index contributed by atoms with van der Waals surface area (Å²) >= 11 is 0. The van der Waals surface area contributed by atoms with E-state index in [1.807, 2.05) is 55.5 Å². The van der Waals surface area contributed by atoms with Gasteiger partial charge < -0.3 is 20.5 Å². The Kier molecular flexibility index (Phi) is 8.25. The van der Waals surface area contributed by atoms with Crippen molar-refractivity contribution in [3.05, 3.63) is 54.1 Å². The molecule has 0 unspecified atom stereocenters. The van der Waals surface area contributed by atoms with Crippen LogP contribution in [-0.2, 0) is 6.54 Å². The molecule has 2 rings (SSSR count). The zero-order valence-electron chi connectivity index (χ0n) is 13.3. The second-order valence-corrected chi connectivity index (χ2v) is 4.60. The number of nitrogens with zero attached hydrogens (tertiary/aromatic N) is 1. The third kappa shape index (κ3) is 5.97. The summed E-state index contributed by atoms with van der Waals surface area (Å²) in [6, 6.07) is 15.3. The molecule has 0 aliphatic heterocycles. The summed E-state index contributed by atoms with van der Waals surface area (Å²) < 4.78 is 10.7. The molecule has 0 fully saturated rings. The van der Waals surface area contributed by atoms with Gasteiger partial charge in [-0.05, 0) is 25.1 Å². The first-order valence-electron chi connectivity index (χ1n) is 7.14. The van der Waals surface area contributed by atoms with E-state index in [1.54, 1.807) is 7.11 Å². The number of halogens is 1. The van der Waals surface area contributed by atoms with Gasteiger partial charge in [-0.3, -0.25) is 0 Å². The smallest absolute Gasteiger partial charge is 0.193 e. The summed E-state index contributed by atoms with van der Waals surface area (Å²) in [7, 11) is 1.63. The molecule has 0 saturated carbocycles. The zero-order chi connectivity index (χ0) is 15.8. The highest BCUT2D eigenvalue weighted by atomic mass is 127. The van der Waals surface area contributed by atoms with E-state index in [0.29, 0.717) is 19.1 Å². The highest BCUT2D eigenvalue weighted by Gasteiger charge is 2.02. The van der Waals surface area contributed by atoms with E-state index in [2.05, 4.69) is 10.3 Å². The Morgan fingerprint density at radius 3 is 2.70 bits per heavy atom. The first-order chi connectivity index (χ1) is 10.7. The largest absolute Gasteiger partial charge is 0.497 e. The van der Waals surface area contributed by atoms with Crippen molar-refractivity contribution >= 4 is 35.6 Å². The molecule has 0 spiro atoms. The van der Waals surface area contributed by atoms with Crippen LogP contribution >= 0.6 is 24.0 Å². The van der Waals surface area contributed by atoms with Crippen molar-refractivity contribution in [2.75, 3.05) is 19.0 Å². The van der Waals surface area contributed by atoms with Crippen LogP contribution in [0, 0.1) is 0 Å². The Hall–Kier alpha value is -1.96. The molecule has 0 atom stereocenters. The molecule has 5 nitrogen and oxygen atoms in total. The molecule has 0 bridgehead atoms. The molecule has 0 aromatic heterocycles. The summed E-state index contributed by atoms with van der Waals surface area (Å²) in [5.74, 6) is 1.95. The predicted octanol–water partition coefficient (Wildman–Crippen LogP) is 3.64. The highest BCUT2D eigenvalue weighted by Crippen LogP contribution is 2.19. The highest BCUT2D eigenvalue weighted by molar-refractivity contribution is 14.0. The van der Waals surface area contributed by atoms with Crippen LogP contribution < -0.4 is 20.5 Å². The fourth-order valence-electron chi connectivity index (χ4n) is 1.99. The second-order valence-electron chi connectivity index (χ2n) is 4.60. The molecule has 0 radical (unpaired) electrons. The van der Waals surface area contributed by atoms with Crippen LogP contribution in [0.5, 0.6) is 11.5 Å². The van der Waals surface area contributed by atoms with E-state index in [4.69, 9.17) is 15.2 Å². The van der Waals surface area contributed by atoms with Gasteiger partial charge in [0.1, 0.15) is 11.5 Å². The standard InChI is InChI=1S/C17H21N3O2.HI/c1-3-22-16-10-5-4-7-13(16)12-19-17(18)20-14-8-6-9-15(11-14)21-2;/h4-11H,3,12H2,1-2H3,(H3,18,19,20);1H. The van der Waals surface area contributed by atoms with Gasteiger partial charge >= 0.3 is 0 Å². The number of nitrogens with two attached hydrogens (primary N) is 1. The van der Waals surface area contributed by atoms with Gasteiger partial charge in [-0.1, -0.05) is 24.3 Å². The molecular formula is C17H22IN3O2. The van der Waals surface area contributed by atoms with E-state index in [-0.39, 0.29) is 24.0 Å². The Bertz CT molecular complexity index is 647. The quantitative estimate of drug-likeness (QED) is 0.420. The van der Waals surface area contributed by atoms with Crippen molar-refractivity contribution in [2.24, 2.45) is 10.7 Å². The van der Waals surface area contributed by atoms with Crippen LogP contribution in [0.4, 0.5) is 5.69 Å². The lowest BCUT2D eigenvalue weighted by atomic mass is 10.2. The van der Waals surface area contributed by atoms with Crippen LogP contribution in [0.2, 0.25) is 0 Å². The Morgan fingerprint density at radius 2 is 1.96 bits per heavy atom. The van der Waals surface area contributed by atoms with Gasteiger partial charge in [0.2, 0.25) is 0 Å². The number of para-hydroxylation sites is 1. The monoisotopic (exact) mass is 427 g/mol. The van der Waals surface area contributed by atoms with Crippen molar-refractivity contribution in [3.8, 4) is 11.5 Å². The van der Waals surface area contributed by atoms with E-state index in [0.717, 1.165) is 22.7 Å². The van der Waals surface area contributed by atoms with Gasteiger partial charge in [-0.15, -0.1) is 24.0 Å². The normalized spacial score (nSPS) is 10.6. The molecule has 0 amide bonds. The second kappa shape index (κ2) is 9.94. The van der Waals surface area contributed by atoms with Crippen molar-refractivity contribution < 1.29 is 9.47 Å². The summed E-state index contributed by atoms with van der Waals surface area (Å²) in [4.78, 5) is 4.35. The number of nitrogens with one attached hydrogen (secondary N) is 1. The summed E-state index contributed by atoms with van der Waals surface area (Å²) in [6.07, 6.45) is 0. The summed E-state index contributed by atoms with van der Waals surface area (Å²) in [5.41, 5.74) is 7.76. The van der Waals surface area contributed by atoms with E-state index >= 15 is 0 Å². The maximum absolute atomic E-state index is 5.93.